The summed E-state index contributed by atoms with van der Waals surface area (Å²) in [4.78, 5) is 23.7. The van der Waals surface area contributed by atoms with Crippen molar-refractivity contribution in [1.29, 1.82) is 0 Å². The van der Waals surface area contributed by atoms with Gasteiger partial charge in [0.1, 0.15) is 0 Å². The van der Waals surface area contributed by atoms with Gasteiger partial charge in [0.25, 0.3) is 0 Å². The summed E-state index contributed by atoms with van der Waals surface area (Å²) in [5.41, 5.74) is 0.458. The molecule has 0 amide bonds. The van der Waals surface area contributed by atoms with Crippen LogP contribution in [0.4, 0.5) is 0 Å². The van der Waals surface area contributed by atoms with Crippen molar-refractivity contribution in [2.75, 3.05) is 0 Å². The van der Waals surface area contributed by atoms with Gasteiger partial charge in [0, 0.05) is 16.9 Å². The summed E-state index contributed by atoms with van der Waals surface area (Å²) in [6.07, 6.45) is 1.51. The normalized spacial score (nSPS) is 23.8. The molecule has 1 heterocycles. The monoisotopic (exact) mass is 292 g/mol. The summed E-state index contributed by atoms with van der Waals surface area (Å²) < 4.78 is 5.22. The number of furan rings is 1. The molecule has 2 aromatic rings. The molecule has 0 spiro atoms. The zero-order valence-corrected chi connectivity index (χ0v) is 11.8. The highest BCUT2D eigenvalue weighted by molar-refractivity contribution is 6.35. The maximum absolute atomic E-state index is 12.5. The second-order valence-corrected chi connectivity index (χ2v) is 6.18. The van der Waals surface area contributed by atoms with E-state index in [1.165, 1.54) is 6.26 Å². The molecule has 1 aliphatic carbocycles. The van der Waals surface area contributed by atoms with Crippen LogP contribution < -0.4 is 0 Å². The number of Topliss-reactive ketones (excluding diaryl/α,β-unsaturated/α-hetero) is 1. The number of fused-ring (bicyclic) bond motifs is 1. The molecule has 1 aromatic carbocycles. The number of hydrogen-bond donors (Lipinski definition) is 1. The van der Waals surface area contributed by atoms with Crippen molar-refractivity contribution in [3.8, 4) is 0 Å². The molecule has 1 aromatic heterocycles. The lowest BCUT2D eigenvalue weighted by Crippen LogP contribution is -2.08. The first-order chi connectivity index (χ1) is 9.34. The van der Waals surface area contributed by atoms with E-state index >= 15 is 0 Å². The number of rotatable bonds is 3. The molecule has 4 nitrogen and oxygen atoms in total. The molecular formula is C15H13ClO4. The molecule has 0 radical (unpaired) electrons. The fourth-order valence-electron chi connectivity index (χ4n) is 2.95. The van der Waals surface area contributed by atoms with Gasteiger partial charge in [-0.25, -0.2) is 0 Å². The van der Waals surface area contributed by atoms with Crippen molar-refractivity contribution in [2.45, 2.75) is 13.8 Å². The Bertz CT molecular complexity index is 729. The van der Waals surface area contributed by atoms with E-state index < -0.39 is 23.2 Å². The van der Waals surface area contributed by atoms with Crippen molar-refractivity contribution in [1.82, 2.24) is 0 Å². The maximum atomic E-state index is 12.5. The van der Waals surface area contributed by atoms with Gasteiger partial charge in [0.05, 0.1) is 17.2 Å². The number of carboxylic acid groups (broad SMARTS) is 1. The van der Waals surface area contributed by atoms with Crippen LogP contribution in [0.5, 0.6) is 0 Å². The molecule has 104 valence electrons. The Hall–Kier alpha value is -1.81. The van der Waals surface area contributed by atoms with Gasteiger partial charge in [-0.15, -0.1) is 0 Å². The van der Waals surface area contributed by atoms with Crippen molar-refractivity contribution in [2.24, 2.45) is 17.3 Å². The number of halogens is 1. The first-order valence-electron chi connectivity index (χ1n) is 6.28. The van der Waals surface area contributed by atoms with Gasteiger partial charge in [-0.2, -0.15) is 0 Å². The van der Waals surface area contributed by atoms with Crippen molar-refractivity contribution < 1.29 is 19.1 Å². The highest BCUT2D eigenvalue weighted by Crippen LogP contribution is 2.59. The van der Waals surface area contributed by atoms with Crippen LogP contribution in [0.2, 0.25) is 5.02 Å². The molecule has 1 fully saturated rings. The summed E-state index contributed by atoms with van der Waals surface area (Å²) in [5, 5.41) is 10.3. The minimum absolute atomic E-state index is 0.174. The van der Waals surface area contributed by atoms with Gasteiger partial charge in [0.2, 0.25) is 0 Å². The van der Waals surface area contributed by atoms with E-state index in [0.29, 0.717) is 16.2 Å². The lowest BCUT2D eigenvalue weighted by Gasteiger charge is -2.03. The topological polar surface area (TPSA) is 67.5 Å². The fourth-order valence-corrected chi connectivity index (χ4v) is 3.22. The number of aliphatic carboxylic acids is 1. The largest absolute Gasteiger partial charge is 0.481 e. The molecule has 1 saturated carbocycles. The second kappa shape index (κ2) is 4.09. The smallest absolute Gasteiger partial charge is 0.307 e. The number of ketones is 1. The van der Waals surface area contributed by atoms with Crippen LogP contribution in [0.3, 0.4) is 0 Å². The highest BCUT2D eigenvalue weighted by atomic mass is 35.5. The summed E-state index contributed by atoms with van der Waals surface area (Å²) in [6.45, 7) is 3.60. The summed E-state index contributed by atoms with van der Waals surface area (Å²) in [7, 11) is 0. The molecule has 0 bridgehead atoms. The van der Waals surface area contributed by atoms with Gasteiger partial charge < -0.3 is 9.52 Å². The lowest BCUT2D eigenvalue weighted by atomic mass is 10.0. The highest BCUT2D eigenvalue weighted by Gasteiger charge is 2.65. The summed E-state index contributed by atoms with van der Waals surface area (Å²) >= 11 is 6.08. The van der Waals surface area contributed by atoms with Gasteiger partial charge in [0.15, 0.2) is 11.4 Å². The lowest BCUT2D eigenvalue weighted by molar-refractivity contribution is -0.139. The number of carbonyl (C=O) groups is 2. The molecular weight excluding hydrogens is 280 g/mol. The molecule has 0 aliphatic heterocycles. The Morgan fingerprint density at radius 2 is 2.00 bits per heavy atom. The predicted octanol–water partition coefficient (Wildman–Crippen LogP) is 3.63. The number of hydrogen-bond acceptors (Lipinski definition) is 3. The molecule has 5 heteroatoms. The van der Waals surface area contributed by atoms with E-state index in [9.17, 15) is 9.59 Å². The number of carbonyl (C=O) groups excluding carboxylic acids is 1. The van der Waals surface area contributed by atoms with E-state index in [2.05, 4.69) is 0 Å². The maximum Gasteiger partial charge on any atom is 0.307 e. The molecule has 1 aliphatic rings. The van der Waals surface area contributed by atoms with Crippen LogP contribution in [0.25, 0.3) is 11.0 Å². The van der Waals surface area contributed by atoms with E-state index in [1.807, 2.05) is 0 Å². The third-order valence-electron chi connectivity index (χ3n) is 4.17. The first-order valence-corrected chi connectivity index (χ1v) is 6.65. The minimum atomic E-state index is -0.927. The Kier molecular flexibility index (Phi) is 2.70. The standard InChI is InChI=1S/C15H13ClO4/c1-15(2)10(11(15)14(18)19)12(17)8-5-7-3-4-20-13(7)9(16)6-8/h3-6,10-11H,1-2H3,(H,18,19). The van der Waals surface area contributed by atoms with Gasteiger partial charge >= 0.3 is 5.97 Å². The minimum Gasteiger partial charge on any atom is -0.481 e. The van der Waals surface area contributed by atoms with Crippen LogP contribution in [0, 0.1) is 17.3 Å². The fraction of sp³-hybridized carbons (Fsp3) is 0.333. The quantitative estimate of drug-likeness (QED) is 0.877. The zero-order chi connectivity index (χ0) is 14.7. The second-order valence-electron chi connectivity index (χ2n) is 5.78. The van der Waals surface area contributed by atoms with E-state index in [0.717, 1.165) is 5.39 Å². The first kappa shape index (κ1) is 13.2. The number of benzene rings is 1. The summed E-state index contributed by atoms with van der Waals surface area (Å²) in [6, 6.07) is 4.97. The molecule has 2 unspecified atom stereocenters. The Balaban J connectivity index is 2.00. The summed E-state index contributed by atoms with van der Waals surface area (Å²) in [5.74, 6) is -2.23. The third-order valence-corrected chi connectivity index (χ3v) is 4.45. The Morgan fingerprint density at radius 1 is 1.30 bits per heavy atom. The van der Waals surface area contributed by atoms with Crippen LogP contribution in [-0.2, 0) is 4.79 Å². The van der Waals surface area contributed by atoms with Gasteiger partial charge in [-0.05, 0) is 23.6 Å². The molecule has 2 atom stereocenters. The third kappa shape index (κ3) is 1.75. The number of carboxylic acids is 1. The zero-order valence-electron chi connectivity index (χ0n) is 11.0. The van der Waals surface area contributed by atoms with E-state index in [-0.39, 0.29) is 5.78 Å². The van der Waals surface area contributed by atoms with Crippen molar-refractivity contribution in [3.05, 3.63) is 35.0 Å². The average Bonchev–Trinajstić information content (AvgIpc) is 2.73. The van der Waals surface area contributed by atoms with E-state index in [4.69, 9.17) is 21.1 Å². The predicted molar refractivity (Wildman–Crippen MR) is 74.0 cm³/mol. The van der Waals surface area contributed by atoms with Gasteiger partial charge in [-0.3, -0.25) is 9.59 Å². The van der Waals surface area contributed by atoms with E-state index in [1.54, 1.807) is 32.0 Å². The van der Waals surface area contributed by atoms with Crippen LogP contribution in [0.15, 0.2) is 28.9 Å². The van der Waals surface area contributed by atoms with Crippen LogP contribution in [-0.4, -0.2) is 16.9 Å². The van der Waals surface area contributed by atoms with Crippen molar-refractivity contribution in [3.63, 3.8) is 0 Å². The molecule has 0 saturated heterocycles. The SMILES string of the molecule is CC1(C)C(C(=O)O)C1C(=O)c1cc(Cl)c2occc2c1. The molecule has 20 heavy (non-hydrogen) atoms. The van der Waals surface area contributed by atoms with Crippen molar-refractivity contribution >= 4 is 34.3 Å². The van der Waals surface area contributed by atoms with Gasteiger partial charge in [-0.1, -0.05) is 25.4 Å². The van der Waals surface area contributed by atoms with Crippen LogP contribution >= 0.6 is 11.6 Å². The molecule has 3 rings (SSSR count). The average molecular weight is 293 g/mol. The molecule has 1 N–H and O–H groups in total. The Morgan fingerprint density at radius 3 is 2.60 bits per heavy atom. The Labute approximate surface area is 120 Å². The van der Waals surface area contributed by atoms with Crippen LogP contribution in [0.1, 0.15) is 24.2 Å².